The molecule has 0 radical (unpaired) electrons. The number of fused-ring (bicyclic) bond motifs is 1. The normalized spacial score (nSPS) is 12.2. The van der Waals surface area contributed by atoms with Crippen molar-refractivity contribution in [2.45, 2.75) is 19.8 Å². The highest BCUT2D eigenvalue weighted by atomic mass is 19.4. The molecule has 6 heteroatoms. The van der Waals surface area contributed by atoms with Gasteiger partial charge >= 0.3 is 6.98 Å². The van der Waals surface area contributed by atoms with Gasteiger partial charge in [-0.15, -0.1) is 0 Å². The Morgan fingerprint density at radius 2 is 1.94 bits per heavy atom. The lowest BCUT2D eigenvalue weighted by Crippen LogP contribution is -2.20. The predicted molar refractivity (Wildman–Crippen MR) is 58.2 cm³/mol. The number of nitrogens with zero attached hydrogens (tertiary/aromatic N) is 2. The molecule has 2 aromatic rings. The van der Waals surface area contributed by atoms with Crippen LogP contribution in [0.25, 0.3) is 10.9 Å². The third-order valence-corrected chi connectivity index (χ3v) is 2.46. The van der Waals surface area contributed by atoms with Crippen LogP contribution in [0.2, 0.25) is 0 Å². The van der Waals surface area contributed by atoms with E-state index in [1.807, 2.05) is 6.92 Å². The first-order valence-electron chi connectivity index (χ1n) is 5.16. The van der Waals surface area contributed by atoms with Gasteiger partial charge in [0.2, 0.25) is 0 Å². The molecule has 2 nitrogen and oxygen atoms in total. The second-order valence-corrected chi connectivity index (χ2v) is 3.69. The van der Waals surface area contributed by atoms with E-state index in [2.05, 4.69) is 5.10 Å². The molecule has 1 aromatic carbocycles. The summed E-state index contributed by atoms with van der Waals surface area (Å²) in [5.74, 6) is 0. The Morgan fingerprint density at radius 3 is 2.56 bits per heavy atom. The Bertz CT molecular complexity index is 504. The zero-order chi connectivity index (χ0) is 11.8. The van der Waals surface area contributed by atoms with Crippen molar-refractivity contribution in [3.8, 4) is 0 Å². The predicted octanol–water partition coefficient (Wildman–Crippen LogP) is 2.99. The molecule has 0 fully saturated rings. The molecule has 2 rings (SSSR count). The molecule has 0 saturated carbocycles. The number of para-hydroxylation sites is 1. The zero-order valence-corrected chi connectivity index (χ0v) is 8.83. The maximum Gasteiger partial charge on any atom is 0.484 e. The topological polar surface area (TPSA) is 17.8 Å². The van der Waals surface area contributed by atoms with E-state index in [0.717, 1.165) is 5.52 Å². The Balaban J connectivity index is 2.53. The standard InChI is InChI=1S/C10H11BF3N2/c1-2-16-10-6-4-3-5-8(10)9(15-16)7-11(12,13)14/h3-6H,2,7H2,1H3/q-1. The molecule has 16 heavy (non-hydrogen) atoms. The monoisotopic (exact) mass is 227 g/mol. The van der Waals surface area contributed by atoms with Crippen molar-refractivity contribution in [2.75, 3.05) is 0 Å². The molecule has 0 atom stereocenters. The molecule has 0 aliphatic carbocycles. The quantitative estimate of drug-likeness (QED) is 0.737. The van der Waals surface area contributed by atoms with Crippen molar-refractivity contribution in [1.82, 2.24) is 9.78 Å². The third kappa shape index (κ3) is 2.05. The Morgan fingerprint density at radius 1 is 1.25 bits per heavy atom. The van der Waals surface area contributed by atoms with E-state index in [1.165, 1.54) is 0 Å². The summed E-state index contributed by atoms with van der Waals surface area (Å²) >= 11 is 0. The van der Waals surface area contributed by atoms with Crippen LogP contribution in [0.5, 0.6) is 0 Å². The minimum absolute atomic E-state index is 0.130. The van der Waals surface area contributed by atoms with Gasteiger partial charge in [0, 0.05) is 17.6 Å². The maximum absolute atomic E-state index is 12.4. The molecule has 86 valence electrons. The number of hydrogen-bond acceptors (Lipinski definition) is 1. The second kappa shape index (κ2) is 3.85. The van der Waals surface area contributed by atoms with Crippen LogP contribution in [0.4, 0.5) is 12.9 Å². The molecule has 0 aliphatic rings. The van der Waals surface area contributed by atoms with Crippen LogP contribution in [0.1, 0.15) is 12.6 Å². The summed E-state index contributed by atoms with van der Waals surface area (Å²) in [6.07, 6.45) is -0.909. The van der Waals surface area contributed by atoms with Gasteiger partial charge in [0.05, 0.1) is 5.52 Å². The van der Waals surface area contributed by atoms with Crippen LogP contribution in [0.3, 0.4) is 0 Å². The first-order chi connectivity index (χ1) is 7.51. The van der Waals surface area contributed by atoms with Crippen LogP contribution < -0.4 is 0 Å². The van der Waals surface area contributed by atoms with Crippen molar-refractivity contribution in [2.24, 2.45) is 0 Å². The van der Waals surface area contributed by atoms with Crippen molar-refractivity contribution in [3.05, 3.63) is 30.0 Å². The summed E-state index contributed by atoms with van der Waals surface area (Å²) in [6, 6.07) is 7.01. The number of halogens is 3. The van der Waals surface area contributed by atoms with E-state index in [9.17, 15) is 12.9 Å². The van der Waals surface area contributed by atoms with Gasteiger partial charge in [0.15, 0.2) is 0 Å². The first-order valence-corrected chi connectivity index (χ1v) is 5.16. The van der Waals surface area contributed by atoms with Crippen LogP contribution in [0, 0.1) is 0 Å². The number of aromatic nitrogens is 2. The van der Waals surface area contributed by atoms with Gasteiger partial charge in [-0.1, -0.05) is 18.2 Å². The molecule has 1 heterocycles. The molecule has 0 amide bonds. The van der Waals surface area contributed by atoms with Crippen molar-refractivity contribution >= 4 is 17.9 Å². The molecule has 0 bridgehead atoms. The van der Waals surface area contributed by atoms with E-state index in [1.54, 1.807) is 28.9 Å². The largest absolute Gasteiger partial charge is 0.484 e. The van der Waals surface area contributed by atoms with Crippen LogP contribution in [-0.2, 0) is 12.9 Å². The fraction of sp³-hybridized carbons (Fsp3) is 0.300. The highest BCUT2D eigenvalue weighted by Gasteiger charge is 2.26. The summed E-state index contributed by atoms with van der Waals surface area (Å²) < 4.78 is 38.8. The summed E-state index contributed by atoms with van der Waals surface area (Å²) in [5, 5.41) is 4.61. The fourth-order valence-electron chi connectivity index (χ4n) is 1.81. The number of aryl methyl sites for hydroxylation is 1. The van der Waals surface area contributed by atoms with Gasteiger partial charge in [0.25, 0.3) is 0 Å². The minimum Gasteiger partial charge on any atom is -0.449 e. The molecule has 0 saturated heterocycles. The fourth-order valence-corrected chi connectivity index (χ4v) is 1.81. The number of benzene rings is 1. The average Bonchev–Trinajstić information content (AvgIpc) is 2.55. The van der Waals surface area contributed by atoms with Crippen molar-refractivity contribution in [1.29, 1.82) is 0 Å². The molecule has 1 aromatic heterocycles. The van der Waals surface area contributed by atoms with E-state index >= 15 is 0 Å². The lowest BCUT2D eigenvalue weighted by atomic mass is 9.83. The van der Waals surface area contributed by atoms with Gasteiger partial charge < -0.3 is 12.9 Å². The number of rotatable bonds is 3. The van der Waals surface area contributed by atoms with Crippen molar-refractivity contribution < 1.29 is 12.9 Å². The highest BCUT2D eigenvalue weighted by molar-refractivity contribution is 6.58. The van der Waals surface area contributed by atoms with Gasteiger partial charge in [0.1, 0.15) is 0 Å². The third-order valence-electron chi connectivity index (χ3n) is 2.46. The molecule has 0 spiro atoms. The summed E-state index contributed by atoms with van der Waals surface area (Å²) in [5.41, 5.74) is 0.894. The van der Waals surface area contributed by atoms with Gasteiger partial charge in [-0.25, -0.2) is 0 Å². The minimum atomic E-state index is -4.83. The van der Waals surface area contributed by atoms with Gasteiger partial charge in [-0.05, 0) is 19.3 Å². The van der Waals surface area contributed by atoms with Crippen LogP contribution in [0.15, 0.2) is 24.3 Å². The first kappa shape index (κ1) is 11.0. The van der Waals surface area contributed by atoms with Gasteiger partial charge in [-0.3, -0.25) is 4.68 Å². The maximum atomic E-state index is 12.4. The second-order valence-electron chi connectivity index (χ2n) is 3.69. The Hall–Kier alpha value is -1.46. The lowest BCUT2D eigenvalue weighted by molar-refractivity contribution is 0.466. The van der Waals surface area contributed by atoms with E-state index in [-0.39, 0.29) is 5.69 Å². The lowest BCUT2D eigenvalue weighted by Gasteiger charge is -2.11. The molecular weight excluding hydrogens is 216 g/mol. The summed E-state index contributed by atoms with van der Waals surface area (Å²) in [6.45, 7) is -2.39. The SMILES string of the molecule is CCn1nc(C[B-](F)(F)F)c2ccccc21. The molecule has 0 unspecified atom stereocenters. The molecule has 0 aliphatic heterocycles. The van der Waals surface area contributed by atoms with Gasteiger partial charge in [-0.2, -0.15) is 5.10 Å². The number of hydrogen-bond donors (Lipinski definition) is 0. The van der Waals surface area contributed by atoms with E-state index in [4.69, 9.17) is 0 Å². The molecular formula is C10H11BF3N2-. The van der Waals surface area contributed by atoms with Crippen molar-refractivity contribution in [3.63, 3.8) is 0 Å². The Labute approximate surface area is 91.1 Å². The zero-order valence-electron chi connectivity index (χ0n) is 8.83. The molecule has 0 N–H and O–H groups in total. The smallest absolute Gasteiger partial charge is 0.449 e. The Kier molecular flexibility index (Phi) is 2.65. The van der Waals surface area contributed by atoms with E-state index in [0.29, 0.717) is 11.9 Å². The summed E-state index contributed by atoms with van der Waals surface area (Å²) in [7, 11) is 0. The highest BCUT2D eigenvalue weighted by Crippen LogP contribution is 2.23. The van der Waals surface area contributed by atoms with Crippen LogP contribution in [-0.4, -0.2) is 16.8 Å². The van der Waals surface area contributed by atoms with E-state index < -0.39 is 13.3 Å². The van der Waals surface area contributed by atoms with Crippen LogP contribution >= 0.6 is 0 Å². The summed E-state index contributed by atoms with van der Waals surface area (Å²) in [4.78, 5) is 0. The average molecular weight is 227 g/mol.